The third-order valence-electron chi connectivity index (χ3n) is 4.11. The molecule has 0 bridgehead atoms. The van der Waals surface area contributed by atoms with Crippen molar-refractivity contribution in [1.29, 1.82) is 0 Å². The molecule has 0 radical (unpaired) electrons. The van der Waals surface area contributed by atoms with E-state index < -0.39 is 0 Å². The Morgan fingerprint density at radius 1 is 1.42 bits per heavy atom. The molecule has 1 amide bonds. The second-order valence-electron chi connectivity index (χ2n) is 5.78. The fourth-order valence-corrected chi connectivity index (χ4v) is 3.78. The van der Waals surface area contributed by atoms with Crippen LogP contribution in [0.4, 0.5) is 5.69 Å². The van der Waals surface area contributed by atoms with E-state index in [2.05, 4.69) is 16.3 Å². The number of fused-ring (bicyclic) bond motifs is 1. The number of nitrogens with zero attached hydrogens (tertiary/aromatic N) is 4. The summed E-state index contributed by atoms with van der Waals surface area (Å²) in [6.07, 6.45) is 3.52. The van der Waals surface area contributed by atoms with Crippen LogP contribution in [0, 0.1) is 0 Å². The summed E-state index contributed by atoms with van der Waals surface area (Å²) in [4.78, 5) is 14.7. The van der Waals surface area contributed by atoms with Crippen LogP contribution in [0.5, 0.6) is 0 Å². The van der Waals surface area contributed by atoms with Crippen LogP contribution in [0.3, 0.4) is 0 Å². The van der Waals surface area contributed by atoms with Crippen LogP contribution >= 0.6 is 11.8 Å². The summed E-state index contributed by atoms with van der Waals surface area (Å²) in [7, 11) is 1.69. The van der Waals surface area contributed by atoms with Crippen LogP contribution in [-0.2, 0) is 22.5 Å². The molecule has 1 atom stereocenters. The van der Waals surface area contributed by atoms with Crippen molar-refractivity contribution in [3.8, 4) is 0 Å². The third kappa shape index (κ3) is 3.62. The third-order valence-corrected chi connectivity index (χ3v) is 5.19. The summed E-state index contributed by atoms with van der Waals surface area (Å²) in [5.41, 5.74) is 2.28. The second kappa shape index (κ2) is 7.81. The monoisotopic (exact) mass is 346 g/mol. The van der Waals surface area contributed by atoms with E-state index in [9.17, 15) is 4.79 Å². The number of benzene rings is 1. The lowest BCUT2D eigenvalue weighted by Gasteiger charge is -2.21. The topological polar surface area (TPSA) is 60.2 Å². The Bertz CT molecular complexity index is 703. The zero-order valence-electron chi connectivity index (χ0n) is 14.0. The molecule has 0 fully saturated rings. The maximum atomic E-state index is 12.8. The highest BCUT2D eigenvalue weighted by atomic mass is 32.2. The average molecular weight is 346 g/mol. The van der Waals surface area contributed by atoms with E-state index in [1.165, 1.54) is 17.3 Å². The van der Waals surface area contributed by atoms with Gasteiger partial charge in [0.25, 0.3) is 0 Å². The minimum absolute atomic E-state index is 0.122. The van der Waals surface area contributed by atoms with Gasteiger partial charge in [-0.05, 0) is 31.4 Å². The molecule has 7 heteroatoms. The predicted molar refractivity (Wildman–Crippen MR) is 94.3 cm³/mol. The molecule has 1 aliphatic heterocycles. The van der Waals surface area contributed by atoms with E-state index >= 15 is 0 Å². The molecule has 0 N–H and O–H groups in total. The van der Waals surface area contributed by atoms with E-state index in [4.69, 9.17) is 4.74 Å². The van der Waals surface area contributed by atoms with Crippen LogP contribution in [-0.4, -0.2) is 46.2 Å². The van der Waals surface area contributed by atoms with Gasteiger partial charge in [-0.1, -0.05) is 30.0 Å². The Hall–Kier alpha value is -1.86. The standard InChI is InChI=1S/C17H22N4O2S/c1-13(24-17-19-18-12-20(17)9-5-11-23-2)16(22)21-10-8-14-6-3-4-7-15(14)21/h3-4,6-7,12-13H,5,8-11H2,1-2H3. The van der Waals surface area contributed by atoms with Gasteiger partial charge in [-0.2, -0.15) is 0 Å². The molecule has 1 aromatic heterocycles. The summed E-state index contributed by atoms with van der Waals surface area (Å²) in [5.74, 6) is 0.122. The number of amides is 1. The number of para-hydroxylation sites is 1. The molecule has 0 aliphatic carbocycles. The smallest absolute Gasteiger partial charge is 0.240 e. The van der Waals surface area contributed by atoms with Crippen molar-refractivity contribution in [2.45, 2.75) is 36.7 Å². The van der Waals surface area contributed by atoms with Crippen molar-refractivity contribution in [2.24, 2.45) is 0 Å². The Morgan fingerprint density at radius 2 is 2.25 bits per heavy atom. The molecule has 2 heterocycles. The SMILES string of the molecule is COCCCn1cnnc1SC(C)C(=O)N1CCc2ccccc21. The first-order valence-electron chi connectivity index (χ1n) is 8.13. The van der Waals surface area contributed by atoms with Crippen molar-refractivity contribution in [1.82, 2.24) is 14.8 Å². The molecule has 24 heavy (non-hydrogen) atoms. The van der Waals surface area contributed by atoms with E-state index in [-0.39, 0.29) is 11.2 Å². The van der Waals surface area contributed by atoms with Gasteiger partial charge in [0.15, 0.2) is 5.16 Å². The highest BCUT2D eigenvalue weighted by Gasteiger charge is 2.29. The molecule has 1 aliphatic rings. The van der Waals surface area contributed by atoms with Crippen molar-refractivity contribution in [3.63, 3.8) is 0 Å². The quantitative estimate of drug-likeness (QED) is 0.569. The first-order chi connectivity index (χ1) is 11.7. The molecular formula is C17H22N4O2S. The minimum atomic E-state index is -0.207. The molecule has 128 valence electrons. The van der Waals surface area contributed by atoms with E-state index in [0.717, 1.165) is 36.8 Å². The Labute approximate surface area is 146 Å². The number of methoxy groups -OCH3 is 1. The van der Waals surface area contributed by atoms with Crippen LogP contribution < -0.4 is 4.90 Å². The van der Waals surface area contributed by atoms with Crippen LogP contribution in [0.15, 0.2) is 35.7 Å². The van der Waals surface area contributed by atoms with Gasteiger partial charge < -0.3 is 14.2 Å². The fraction of sp³-hybridized carbons (Fsp3) is 0.471. The van der Waals surface area contributed by atoms with Gasteiger partial charge in [-0.3, -0.25) is 4.79 Å². The predicted octanol–water partition coefficient (Wildman–Crippen LogP) is 2.38. The Balaban J connectivity index is 1.64. The number of aromatic nitrogens is 3. The Kier molecular flexibility index (Phi) is 5.52. The van der Waals surface area contributed by atoms with Crippen LogP contribution in [0.2, 0.25) is 0 Å². The lowest BCUT2D eigenvalue weighted by Crippen LogP contribution is -2.35. The van der Waals surface area contributed by atoms with Crippen LogP contribution in [0.25, 0.3) is 0 Å². The summed E-state index contributed by atoms with van der Waals surface area (Å²) < 4.78 is 7.06. The summed E-state index contributed by atoms with van der Waals surface area (Å²) in [6, 6.07) is 8.11. The molecule has 2 aromatic rings. The molecule has 0 spiro atoms. The van der Waals surface area contributed by atoms with Crippen molar-refractivity contribution in [3.05, 3.63) is 36.2 Å². The molecule has 1 unspecified atom stereocenters. The molecule has 6 nitrogen and oxygen atoms in total. The molecule has 0 saturated carbocycles. The average Bonchev–Trinajstić information content (AvgIpc) is 3.21. The number of carbonyl (C=O) groups excluding carboxylic acids is 1. The molecule has 0 saturated heterocycles. The fourth-order valence-electron chi connectivity index (χ4n) is 2.86. The molecule has 1 aromatic carbocycles. The maximum Gasteiger partial charge on any atom is 0.240 e. The number of rotatable bonds is 7. The summed E-state index contributed by atoms with van der Waals surface area (Å²) >= 11 is 1.46. The lowest BCUT2D eigenvalue weighted by molar-refractivity contribution is -0.117. The highest BCUT2D eigenvalue weighted by Crippen LogP contribution is 2.31. The van der Waals surface area contributed by atoms with E-state index in [1.54, 1.807) is 13.4 Å². The summed E-state index contributed by atoms with van der Waals surface area (Å²) in [5, 5.41) is 8.70. The Morgan fingerprint density at radius 3 is 3.08 bits per heavy atom. The number of hydrogen-bond donors (Lipinski definition) is 0. The first kappa shape index (κ1) is 17.0. The van der Waals surface area contributed by atoms with Gasteiger partial charge in [-0.25, -0.2) is 0 Å². The van der Waals surface area contributed by atoms with Gasteiger partial charge in [0, 0.05) is 32.5 Å². The van der Waals surface area contributed by atoms with Gasteiger partial charge >= 0.3 is 0 Å². The number of aryl methyl sites for hydroxylation is 1. The van der Waals surface area contributed by atoms with Gasteiger partial charge in [0.05, 0.1) is 5.25 Å². The van der Waals surface area contributed by atoms with Gasteiger partial charge in [0.1, 0.15) is 6.33 Å². The molecule has 3 rings (SSSR count). The number of anilines is 1. The number of carbonyl (C=O) groups is 1. The zero-order valence-corrected chi connectivity index (χ0v) is 14.8. The van der Waals surface area contributed by atoms with Gasteiger partial charge in [-0.15, -0.1) is 10.2 Å². The minimum Gasteiger partial charge on any atom is -0.385 e. The normalized spacial score (nSPS) is 14.7. The zero-order chi connectivity index (χ0) is 16.9. The largest absolute Gasteiger partial charge is 0.385 e. The number of thioether (sulfide) groups is 1. The van der Waals surface area contributed by atoms with Crippen molar-refractivity contribution in [2.75, 3.05) is 25.2 Å². The van der Waals surface area contributed by atoms with Crippen LogP contribution in [0.1, 0.15) is 18.9 Å². The van der Waals surface area contributed by atoms with E-state index in [0.29, 0.717) is 6.61 Å². The maximum absolute atomic E-state index is 12.8. The number of hydrogen-bond acceptors (Lipinski definition) is 5. The second-order valence-corrected chi connectivity index (χ2v) is 7.09. The van der Waals surface area contributed by atoms with Crippen molar-refractivity contribution >= 4 is 23.4 Å². The van der Waals surface area contributed by atoms with Crippen molar-refractivity contribution < 1.29 is 9.53 Å². The first-order valence-corrected chi connectivity index (χ1v) is 9.01. The van der Waals surface area contributed by atoms with Gasteiger partial charge in [0.2, 0.25) is 5.91 Å². The summed E-state index contributed by atoms with van der Waals surface area (Å²) in [6.45, 7) is 4.17. The molecular weight excluding hydrogens is 324 g/mol. The number of ether oxygens (including phenoxy) is 1. The highest BCUT2D eigenvalue weighted by molar-refractivity contribution is 8.00. The van der Waals surface area contributed by atoms with E-state index in [1.807, 2.05) is 34.6 Å². The lowest BCUT2D eigenvalue weighted by atomic mass is 10.2.